The van der Waals surface area contributed by atoms with Crippen LogP contribution < -0.4 is 0 Å². The van der Waals surface area contributed by atoms with Crippen LogP contribution in [-0.2, 0) is 0 Å². The highest BCUT2D eigenvalue weighted by atomic mass is 35.5. The number of amides is 1. The standard InChI is InChI=1S/C11H8ClF3N2O2/c12-8-3-1-7(2-4-8)9(18)17-10(19,5-6-16-17)11(13,14)15/h1-4,6,19H,5H2/t10-/m1/s1. The Labute approximate surface area is 111 Å². The average Bonchev–Trinajstić information content (AvgIpc) is 2.72. The van der Waals surface area contributed by atoms with E-state index < -0.39 is 24.2 Å². The quantitative estimate of drug-likeness (QED) is 0.864. The predicted octanol–water partition coefficient (Wildman–Crippen LogP) is 2.42. The topological polar surface area (TPSA) is 52.9 Å². The van der Waals surface area contributed by atoms with Gasteiger partial charge in [-0.2, -0.15) is 23.3 Å². The Morgan fingerprint density at radius 1 is 1.37 bits per heavy atom. The van der Waals surface area contributed by atoms with Gasteiger partial charge in [0.05, 0.1) is 0 Å². The number of hydrazone groups is 1. The van der Waals surface area contributed by atoms with Crippen molar-refractivity contribution >= 4 is 23.7 Å². The summed E-state index contributed by atoms with van der Waals surface area (Å²) in [5.41, 5.74) is -3.35. The number of carbonyl (C=O) groups excluding carboxylic acids is 1. The lowest BCUT2D eigenvalue weighted by atomic mass is 10.1. The minimum absolute atomic E-state index is 0.0379. The number of benzene rings is 1. The molecule has 2 rings (SSSR count). The molecule has 0 aromatic heterocycles. The maximum absolute atomic E-state index is 12.8. The molecule has 1 aromatic rings. The molecule has 1 heterocycles. The number of halogens is 4. The van der Waals surface area contributed by atoms with Crippen LogP contribution in [-0.4, -0.2) is 34.1 Å². The first-order chi connectivity index (χ1) is 8.75. The second kappa shape index (κ2) is 4.50. The van der Waals surface area contributed by atoms with Crippen LogP contribution in [0.2, 0.25) is 5.02 Å². The number of nitrogens with zero attached hydrogens (tertiary/aromatic N) is 2. The van der Waals surface area contributed by atoms with Crippen molar-refractivity contribution in [3.63, 3.8) is 0 Å². The number of rotatable bonds is 1. The van der Waals surface area contributed by atoms with E-state index in [2.05, 4.69) is 5.10 Å². The molecule has 1 atom stereocenters. The molecule has 1 aliphatic heterocycles. The molecule has 0 unspecified atom stereocenters. The van der Waals surface area contributed by atoms with Gasteiger partial charge in [-0.15, -0.1) is 0 Å². The average molecular weight is 293 g/mol. The fourth-order valence-corrected chi connectivity index (χ4v) is 1.73. The van der Waals surface area contributed by atoms with Crippen molar-refractivity contribution in [1.29, 1.82) is 0 Å². The minimum Gasteiger partial charge on any atom is -0.362 e. The highest BCUT2D eigenvalue weighted by Gasteiger charge is 2.61. The van der Waals surface area contributed by atoms with Crippen molar-refractivity contribution in [3.05, 3.63) is 34.9 Å². The van der Waals surface area contributed by atoms with E-state index >= 15 is 0 Å². The van der Waals surface area contributed by atoms with Gasteiger partial charge in [-0.05, 0) is 24.3 Å². The largest absolute Gasteiger partial charge is 0.438 e. The zero-order valence-electron chi connectivity index (χ0n) is 9.36. The van der Waals surface area contributed by atoms with Crippen molar-refractivity contribution in [2.45, 2.75) is 18.3 Å². The molecular weight excluding hydrogens is 285 g/mol. The number of alkyl halides is 3. The Balaban J connectivity index is 2.33. The highest BCUT2D eigenvalue weighted by Crippen LogP contribution is 2.39. The molecule has 0 bridgehead atoms. The molecule has 102 valence electrons. The van der Waals surface area contributed by atoms with Gasteiger partial charge in [0.15, 0.2) is 0 Å². The molecule has 4 nitrogen and oxygen atoms in total. The highest BCUT2D eigenvalue weighted by molar-refractivity contribution is 6.30. The maximum Gasteiger partial charge on any atom is 0.438 e. The van der Waals surface area contributed by atoms with Gasteiger partial charge in [-0.3, -0.25) is 4.79 Å². The number of aliphatic hydroxyl groups is 1. The number of hydrogen-bond donors (Lipinski definition) is 1. The first-order valence-electron chi connectivity index (χ1n) is 5.17. The van der Waals surface area contributed by atoms with E-state index in [1.54, 1.807) is 0 Å². The lowest BCUT2D eigenvalue weighted by molar-refractivity contribution is -0.297. The Kier molecular flexibility index (Phi) is 3.27. The lowest BCUT2D eigenvalue weighted by Gasteiger charge is -2.32. The zero-order chi connectivity index (χ0) is 14.3. The Bertz CT molecular complexity index is 530. The first-order valence-corrected chi connectivity index (χ1v) is 5.55. The van der Waals surface area contributed by atoms with E-state index in [0.29, 0.717) is 5.02 Å². The van der Waals surface area contributed by atoms with Crippen LogP contribution >= 0.6 is 11.6 Å². The molecule has 1 aliphatic rings. The van der Waals surface area contributed by atoms with Crippen LogP contribution in [0.25, 0.3) is 0 Å². The molecule has 1 N–H and O–H groups in total. The van der Waals surface area contributed by atoms with Crippen molar-refractivity contribution in [2.75, 3.05) is 0 Å². The third kappa shape index (κ3) is 2.31. The van der Waals surface area contributed by atoms with E-state index in [4.69, 9.17) is 11.6 Å². The summed E-state index contributed by atoms with van der Waals surface area (Å²) >= 11 is 5.62. The van der Waals surface area contributed by atoms with E-state index in [1.165, 1.54) is 24.3 Å². The second-order valence-corrected chi connectivity index (χ2v) is 4.38. The van der Waals surface area contributed by atoms with Crippen LogP contribution in [0.5, 0.6) is 0 Å². The number of carbonyl (C=O) groups is 1. The van der Waals surface area contributed by atoms with Crippen LogP contribution in [0.15, 0.2) is 29.4 Å². The van der Waals surface area contributed by atoms with E-state index in [1.807, 2.05) is 0 Å². The lowest BCUT2D eigenvalue weighted by Crippen LogP contribution is -2.56. The Hall–Kier alpha value is -1.60. The molecule has 0 spiro atoms. The van der Waals surface area contributed by atoms with Crippen molar-refractivity contribution < 1.29 is 23.1 Å². The minimum atomic E-state index is -4.99. The molecule has 0 saturated heterocycles. The van der Waals surface area contributed by atoms with Crippen LogP contribution in [0.1, 0.15) is 16.8 Å². The number of hydrogen-bond acceptors (Lipinski definition) is 3. The van der Waals surface area contributed by atoms with Gasteiger partial charge in [0, 0.05) is 23.2 Å². The van der Waals surface area contributed by atoms with E-state index in [0.717, 1.165) is 6.21 Å². The molecule has 1 aromatic carbocycles. The molecular formula is C11H8ClF3N2O2. The monoisotopic (exact) mass is 292 g/mol. The molecule has 8 heteroatoms. The van der Waals surface area contributed by atoms with Crippen molar-refractivity contribution in [1.82, 2.24) is 5.01 Å². The van der Waals surface area contributed by atoms with Crippen LogP contribution in [0, 0.1) is 0 Å². The Morgan fingerprint density at radius 2 is 1.95 bits per heavy atom. The van der Waals surface area contributed by atoms with Gasteiger partial charge < -0.3 is 5.11 Å². The van der Waals surface area contributed by atoms with Gasteiger partial charge in [0.25, 0.3) is 11.6 Å². The van der Waals surface area contributed by atoms with Crippen LogP contribution in [0.3, 0.4) is 0 Å². The molecule has 19 heavy (non-hydrogen) atoms. The van der Waals surface area contributed by atoms with Gasteiger partial charge in [0.1, 0.15) is 0 Å². The van der Waals surface area contributed by atoms with E-state index in [-0.39, 0.29) is 10.6 Å². The third-order valence-electron chi connectivity index (χ3n) is 2.66. The van der Waals surface area contributed by atoms with Crippen LogP contribution in [0.4, 0.5) is 13.2 Å². The smallest absolute Gasteiger partial charge is 0.362 e. The third-order valence-corrected chi connectivity index (χ3v) is 2.91. The second-order valence-electron chi connectivity index (χ2n) is 3.94. The van der Waals surface area contributed by atoms with Gasteiger partial charge in [-0.25, -0.2) is 0 Å². The van der Waals surface area contributed by atoms with Crippen molar-refractivity contribution in [3.8, 4) is 0 Å². The summed E-state index contributed by atoms with van der Waals surface area (Å²) in [5, 5.41) is 13.3. The van der Waals surface area contributed by atoms with Gasteiger partial charge in [-0.1, -0.05) is 11.6 Å². The zero-order valence-corrected chi connectivity index (χ0v) is 10.1. The normalized spacial score (nSPS) is 22.9. The van der Waals surface area contributed by atoms with Gasteiger partial charge >= 0.3 is 6.18 Å². The SMILES string of the molecule is O=C(c1ccc(Cl)cc1)N1N=CC[C@@]1(O)C(F)(F)F. The summed E-state index contributed by atoms with van der Waals surface area (Å²) in [7, 11) is 0. The first kappa shape index (κ1) is 13.8. The molecule has 0 fully saturated rings. The summed E-state index contributed by atoms with van der Waals surface area (Å²) in [4.78, 5) is 11.9. The fourth-order valence-electron chi connectivity index (χ4n) is 1.60. The summed E-state index contributed by atoms with van der Waals surface area (Å²) in [5.74, 6) is -1.05. The van der Waals surface area contributed by atoms with Gasteiger partial charge in [0.2, 0.25) is 0 Å². The molecule has 0 radical (unpaired) electrons. The molecule has 1 amide bonds. The molecule has 0 aliphatic carbocycles. The molecule has 0 saturated carbocycles. The summed E-state index contributed by atoms with van der Waals surface area (Å²) in [6.07, 6.45) is -4.94. The van der Waals surface area contributed by atoms with E-state index in [9.17, 15) is 23.1 Å². The summed E-state index contributed by atoms with van der Waals surface area (Å²) in [6.45, 7) is 0. The maximum atomic E-state index is 12.8. The summed E-state index contributed by atoms with van der Waals surface area (Å²) in [6, 6.07) is 5.24. The fraction of sp³-hybridized carbons (Fsp3) is 0.273. The Morgan fingerprint density at radius 3 is 2.47 bits per heavy atom. The summed E-state index contributed by atoms with van der Waals surface area (Å²) < 4.78 is 38.4. The van der Waals surface area contributed by atoms with Crippen molar-refractivity contribution in [2.24, 2.45) is 5.10 Å². The predicted molar refractivity (Wildman–Crippen MR) is 61.7 cm³/mol.